The van der Waals surface area contributed by atoms with Crippen LogP contribution in [0.25, 0.3) is 0 Å². The fraction of sp³-hybridized carbons (Fsp3) is 0.643. The van der Waals surface area contributed by atoms with Crippen molar-refractivity contribution in [3.05, 3.63) is 22.8 Å². The molecule has 1 N–H and O–H groups in total. The zero-order valence-corrected chi connectivity index (χ0v) is 11.7. The lowest BCUT2D eigenvalue weighted by Gasteiger charge is -2.13. The van der Waals surface area contributed by atoms with Gasteiger partial charge in [-0.05, 0) is 44.2 Å². The van der Waals surface area contributed by atoms with Crippen LogP contribution in [-0.4, -0.2) is 17.6 Å². The average molecular weight is 269 g/mol. The van der Waals surface area contributed by atoms with Crippen molar-refractivity contribution in [2.75, 3.05) is 6.54 Å². The van der Waals surface area contributed by atoms with Crippen LogP contribution in [0, 0.1) is 0 Å². The Morgan fingerprint density at radius 2 is 2.22 bits per heavy atom. The Bertz CT molecular complexity index is 378. The van der Waals surface area contributed by atoms with Crippen LogP contribution in [0.1, 0.15) is 44.6 Å². The van der Waals surface area contributed by atoms with E-state index < -0.39 is 0 Å². The van der Waals surface area contributed by atoms with Crippen molar-refractivity contribution in [1.82, 2.24) is 10.3 Å². The van der Waals surface area contributed by atoms with E-state index in [2.05, 4.69) is 17.2 Å². The molecule has 1 aromatic rings. The van der Waals surface area contributed by atoms with Gasteiger partial charge >= 0.3 is 0 Å². The van der Waals surface area contributed by atoms with Crippen molar-refractivity contribution in [1.29, 1.82) is 0 Å². The SMILES string of the molecule is CCCNCc1cc(OC2CCCC2)ncc1Cl. The van der Waals surface area contributed by atoms with Gasteiger partial charge in [0.05, 0.1) is 5.02 Å². The minimum absolute atomic E-state index is 0.343. The average Bonchev–Trinajstić information content (AvgIpc) is 2.86. The van der Waals surface area contributed by atoms with Gasteiger partial charge in [-0.25, -0.2) is 4.98 Å². The lowest BCUT2D eigenvalue weighted by molar-refractivity contribution is 0.201. The van der Waals surface area contributed by atoms with Gasteiger partial charge in [-0.2, -0.15) is 0 Å². The molecule has 0 radical (unpaired) electrons. The molecule has 0 spiro atoms. The highest BCUT2D eigenvalue weighted by atomic mass is 35.5. The van der Waals surface area contributed by atoms with Gasteiger partial charge in [0.15, 0.2) is 0 Å². The first-order valence-electron chi connectivity index (χ1n) is 6.81. The van der Waals surface area contributed by atoms with Gasteiger partial charge in [-0.1, -0.05) is 18.5 Å². The summed E-state index contributed by atoms with van der Waals surface area (Å²) in [4.78, 5) is 4.25. The molecule has 1 heterocycles. The summed E-state index contributed by atoms with van der Waals surface area (Å²) in [6.45, 7) is 3.92. The van der Waals surface area contributed by atoms with E-state index in [-0.39, 0.29) is 0 Å². The van der Waals surface area contributed by atoms with E-state index in [4.69, 9.17) is 16.3 Å². The Morgan fingerprint density at radius 1 is 1.44 bits per heavy atom. The van der Waals surface area contributed by atoms with Crippen LogP contribution >= 0.6 is 11.6 Å². The summed E-state index contributed by atoms with van der Waals surface area (Å²) in [7, 11) is 0. The predicted octanol–water partition coefficient (Wildman–Crippen LogP) is 3.56. The van der Waals surface area contributed by atoms with Crippen molar-refractivity contribution in [2.24, 2.45) is 0 Å². The van der Waals surface area contributed by atoms with Gasteiger partial charge in [0, 0.05) is 18.8 Å². The summed E-state index contributed by atoms with van der Waals surface area (Å²) in [6.07, 6.45) is 7.98. The maximum absolute atomic E-state index is 6.13. The number of halogens is 1. The molecule has 2 rings (SSSR count). The molecular weight excluding hydrogens is 248 g/mol. The van der Waals surface area contributed by atoms with E-state index in [1.54, 1.807) is 6.20 Å². The summed E-state index contributed by atoms with van der Waals surface area (Å²) in [5.41, 5.74) is 1.06. The molecule has 1 aliphatic rings. The van der Waals surface area contributed by atoms with E-state index in [9.17, 15) is 0 Å². The number of aromatic nitrogens is 1. The van der Waals surface area contributed by atoms with E-state index in [0.29, 0.717) is 17.0 Å². The maximum Gasteiger partial charge on any atom is 0.213 e. The third-order valence-corrected chi connectivity index (χ3v) is 3.58. The van der Waals surface area contributed by atoms with Gasteiger partial charge in [-0.3, -0.25) is 0 Å². The molecule has 0 aliphatic heterocycles. The first kappa shape index (κ1) is 13.6. The molecular formula is C14H21ClN2O. The van der Waals surface area contributed by atoms with Crippen LogP contribution < -0.4 is 10.1 Å². The quantitative estimate of drug-likeness (QED) is 0.801. The summed E-state index contributed by atoms with van der Waals surface area (Å²) in [5.74, 6) is 0.708. The zero-order valence-electron chi connectivity index (χ0n) is 10.9. The Kier molecular flexibility index (Phi) is 5.26. The normalized spacial score (nSPS) is 16.1. The monoisotopic (exact) mass is 268 g/mol. The van der Waals surface area contributed by atoms with Crippen LogP contribution in [0.3, 0.4) is 0 Å². The number of hydrogen-bond donors (Lipinski definition) is 1. The summed E-state index contributed by atoms with van der Waals surface area (Å²) < 4.78 is 5.88. The number of hydrogen-bond acceptors (Lipinski definition) is 3. The van der Waals surface area contributed by atoms with Gasteiger partial charge in [-0.15, -0.1) is 0 Å². The van der Waals surface area contributed by atoms with Gasteiger partial charge in [0.25, 0.3) is 0 Å². The third kappa shape index (κ3) is 3.85. The highest BCUT2D eigenvalue weighted by Gasteiger charge is 2.17. The molecule has 0 saturated heterocycles. The highest BCUT2D eigenvalue weighted by molar-refractivity contribution is 6.31. The van der Waals surface area contributed by atoms with E-state index in [1.165, 1.54) is 12.8 Å². The summed E-state index contributed by atoms with van der Waals surface area (Å²) >= 11 is 6.13. The molecule has 0 bridgehead atoms. The molecule has 1 aromatic heterocycles. The topological polar surface area (TPSA) is 34.1 Å². The minimum Gasteiger partial charge on any atom is -0.474 e. The minimum atomic E-state index is 0.343. The third-order valence-electron chi connectivity index (χ3n) is 3.24. The molecule has 0 amide bonds. The van der Waals surface area contributed by atoms with Gasteiger partial charge in [0.2, 0.25) is 5.88 Å². The lowest BCUT2D eigenvalue weighted by atomic mass is 10.2. The van der Waals surface area contributed by atoms with Crippen LogP contribution in [0.4, 0.5) is 0 Å². The van der Waals surface area contributed by atoms with Crippen LogP contribution in [0.2, 0.25) is 5.02 Å². The Balaban J connectivity index is 1.96. The fourth-order valence-corrected chi connectivity index (χ4v) is 2.41. The second-order valence-electron chi connectivity index (χ2n) is 4.82. The largest absolute Gasteiger partial charge is 0.474 e. The second kappa shape index (κ2) is 6.95. The number of nitrogens with zero attached hydrogens (tertiary/aromatic N) is 1. The summed E-state index contributed by atoms with van der Waals surface area (Å²) in [6, 6.07) is 1.96. The van der Waals surface area contributed by atoms with Crippen molar-refractivity contribution in [3.63, 3.8) is 0 Å². The molecule has 0 unspecified atom stereocenters. The standard InChI is InChI=1S/C14H21ClN2O/c1-2-7-16-9-11-8-14(17-10-13(11)15)18-12-5-3-4-6-12/h8,10,12,16H,2-7,9H2,1H3. The van der Waals surface area contributed by atoms with Crippen molar-refractivity contribution in [3.8, 4) is 5.88 Å². The van der Waals surface area contributed by atoms with E-state index >= 15 is 0 Å². The first-order chi connectivity index (χ1) is 8.79. The van der Waals surface area contributed by atoms with E-state index in [1.807, 2.05) is 6.07 Å². The number of rotatable bonds is 6. The zero-order chi connectivity index (χ0) is 12.8. The Morgan fingerprint density at radius 3 is 2.94 bits per heavy atom. The van der Waals surface area contributed by atoms with Crippen molar-refractivity contribution >= 4 is 11.6 Å². The fourth-order valence-electron chi connectivity index (χ4n) is 2.24. The number of nitrogens with one attached hydrogen (secondary N) is 1. The smallest absolute Gasteiger partial charge is 0.213 e. The molecule has 4 heteroatoms. The van der Waals surface area contributed by atoms with Crippen LogP contribution in [0.15, 0.2) is 12.3 Å². The Hall–Kier alpha value is -0.800. The molecule has 1 fully saturated rings. The molecule has 0 atom stereocenters. The molecule has 0 aromatic carbocycles. The van der Waals surface area contributed by atoms with Crippen LogP contribution in [0.5, 0.6) is 5.88 Å². The highest BCUT2D eigenvalue weighted by Crippen LogP contribution is 2.25. The molecule has 1 aliphatic carbocycles. The number of pyridine rings is 1. The molecule has 18 heavy (non-hydrogen) atoms. The van der Waals surface area contributed by atoms with Crippen LogP contribution in [-0.2, 0) is 6.54 Å². The first-order valence-corrected chi connectivity index (χ1v) is 7.19. The molecule has 100 valence electrons. The molecule has 1 saturated carbocycles. The van der Waals surface area contributed by atoms with Crippen molar-refractivity contribution in [2.45, 2.75) is 51.7 Å². The maximum atomic E-state index is 6.13. The lowest BCUT2D eigenvalue weighted by Crippen LogP contribution is -2.15. The van der Waals surface area contributed by atoms with Crippen molar-refractivity contribution < 1.29 is 4.74 Å². The van der Waals surface area contributed by atoms with E-state index in [0.717, 1.165) is 37.9 Å². The van der Waals surface area contributed by atoms with Gasteiger partial charge < -0.3 is 10.1 Å². The summed E-state index contributed by atoms with van der Waals surface area (Å²) in [5, 5.41) is 4.05. The number of ether oxygens (including phenoxy) is 1. The Labute approximate surface area is 114 Å². The predicted molar refractivity (Wildman–Crippen MR) is 74.1 cm³/mol. The molecule has 3 nitrogen and oxygen atoms in total. The van der Waals surface area contributed by atoms with Gasteiger partial charge in [0.1, 0.15) is 6.10 Å². The second-order valence-corrected chi connectivity index (χ2v) is 5.22.